The highest BCUT2D eigenvalue weighted by atomic mass is 16.4. The first-order chi connectivity index (χ1) is 9.15. The first-order valence-corrected chi connectivity index (χ1v) is 5.97. The summed E-state index contributed by atoms with van der Waals surface area (Å²) in [5.41, 5.74) is 4.30. The Morgan fingerprint density at radius 1 is 1.35 bits per heavy atom. The lowest BCUT2D eigenvalue weighted by atomic mass is 9.92. The first-order valence-electron chi connectivity index (χ1n) is 5.97. The van der Waals surface area contributed by atoms with E-state index in [0.29, 0.717) is 5.56 Å². The Bertz CT molecular complexity index is 529. The first kappa shape index (κ1) is 15.8. The van der Waals surface area contributed by atoms with E-state index in [1.165, 1.54) is 32.0 Å². The Balaban J connectivity index is 2.99. The highest BCUT2D eigenvalue weighted by molar-refractivity contribution is 5.89. The number of hydrogen-bond acceptors (Lipinski definition) is 5. The average Bonchev–Trinajstić information content (AvgIpc) is 2.33. The zero-order chi connectivity index (χ0) is 15.5. The monoisotopic (exact) mass is 282 g/mol. The molecule has 1 amide bonds. The summed E-state index contributed by atoms with van der Waals surface area (Å²) in [6, 6.07) is 3.13. The quantitative estimate of drug-likeness (QED) is 0.481. The summed E-state index contributed by atoms with van der Waals surface area (Å²) in [4.78, 5) is 23.0. The number of carboxylic acid groups (broad SMARTS) is 1. The second-order valence-corrected chi connectivity index (χ2v) is 4.92. The zero-order valence-corrected chi connectivity index (χ0v) is 11.3. The second-order valence-electron chi connectivity index (χ2n) is 4.92. The normalized spacial score (nSPS) is 15.2. The van der Waals surface area contributed by atoms with Crippen LogP contribution in [0.15, 0.2) is 18.2 Å². The third-order valence-electron chi connectivity index (χ3n) is 2.88. The van der Waals surface area contributed by atoms with Gasteiger partial charge in [-0.15, -0.1) is 0 Å². The van der Waals surface area contributed by atoms with Crippen molar-refractivity contribution in [3.8, 4) is 11.5 Å². The number of nitrogens with two attached hydrogens (primary N) is 1. The van der Waals surface area contributed by atoms with Crippen molar-refractivity contribution in [3.63, 3.8) is 0 Å². The van der Waals surface area contributed by atoms with E-state index in [9.17, 15) is 24.9 Å². The van der Waals surface area contributed by atoms with Crippen molar-refractivity contribution in [2.45, 2.75) is 31.8 Å². The molecular formula is C13H18N2O5. The Labute approximate surface area is 116 Å². The minimum absolute atomic E-state index is 0.0609. The number of amides is 1. The molecule has 6 N–H and O–H groups in total. The van der Waals surface area contributed by atoms with Crippen molar-refractivity contribution in [1.29, 1.82) is 0 Å². The molecule has 110 valence electrons. The van der Waals surface area contributed by atoms with Gasteiger partial charge >= 0.3 is 5.97 Å². The van der Waals surface area contributed by atoms with E-state index in [4.69, 9.17) is 5.73 Å². The summed E-state index contributed by atoms with van der Waals surface area (Å²) < 4.78 is 0. The van der Waals surface area contributed by atoms with E-state index in [1.807, 2.05) is 0 Å². The van der Waals surface area contributed by atoms with Crippen molar-refractivity contribution in [1.82, 2.24) is 5.32 Å². The van der Waals surface area contributed by atoms with E-state index < -0.39 is 23.5 Å². The Morgan fingerprint density at radius 3 is 2.40 bits per heavy atom. The largest absolute Gasteiger partial charge is 0.504 e. The number of phenolic OH excluding ortho intramolecular Hbond substituents is 2. The molecule has 0 fully saturated rings. The van der Waals surface area contributed by atoms with Gasteiger partial charge in [0, 0.05) is 6.42 Å². The van der Waals surface area contributed by atoms with Crippen LogP contribution in [0.3, 0.4) is 0 Å². The molecule has 0 aromatic heterocycles. The molecule has 2 atom stereocenters. The number of benzene rings is 1. The van der Waals surface area contributed by atoms with Gasteiger partial charge in [0.2, 0.25) is 5.91 Å². The van der Waals surface area contributed by atoms with Crippen LogP contribution in [-0.2, 0) is 16.0 Å². The minimum Gasteiger partial charge on any atom is -0.504 e. The van der Waals surface area contributed by atoms with E-state index in [1.54, 1.807) is 0 Å². The smallest absolute Gasteiger partial charge is 0.329 e. The van der Waals surface area contributed by atoms with Gasteiger partial charge < -0.3 is 26.4 Å². The van der Waals surface area contributed by atoms with Crippen LogP contribution in [0.5, 0.6) is 11.5 Å². The molecule has 0 aliphatic heterocycles. The Hall–Kier alpha value is -2.28. The maximum atomic E-state index is 11.6. The Morgan fingerprint density at radius 2 is 1.95 bits per heavy atom. The molecule has 1 aromatic carbocycles. The van der Waals surface area contributed by atoms with Crippen LogP contribution in [0.2, 0.25) is 0 Å². The number of aromatic hydroxyl groups is 2. The fourth-order valence-corrected chi connectivity index (χ4v) is 1.65. The number of rotatable bonds is 5. The Kier molecular flexibility index (Phi) is 4.57. The SMILES string of the molecule is C[C@@H](N)C(=O)N[C@@](C)(Cc1ccc(O)c(O)c1)C(=O)O. The van der Waals surface area contributed by atoms with Gasteiger partial charge in [-0.05, 0) is 31.5 Å². The van der Waals surface area contributed by atoms with Crippen molar-refractivity contribution in [3.05, 3.63) is 23.8 Å². The molecule has 0 saturated carbocycles. The zero-order valence-electron chi connectivity index (χ0n) is 11.3. The molecule has 7 nitrogen and oxygen atoms in total. The van der Waals surface area contributed by atoms with Gasteiger partial charge in [0.1, 0.15) is 5.54 Å². The van der Waals surface area contributed by atoms with E-state index in [-0.39, 0.29) is 17.9 Å². The molecule has 0 bridgehead atoms. The predicted octanol–water partition coefficient (Wildman–Crippen LogP) is -0.0530. The van der Waals surface area contributed by atoms with E-state index in [0.717, 1.165) is 0 Å². The molecule has 0 spiro atoms. The number of carbonyl (C=O) groups is 2. The van der Waals surface area contributed by atoms with Crippen molar-refractivity contribution >= 4 is 11.9 Å². The summed E-state index contributed by atoms with van der Waals surface area (Å²) in [5.74, 6) is -2.46. The highest BCUT2D eigenvalue weighted by Crippen LogP contribution is 2.26. The molecule has 0 saturated heterocycles. The number of aliphatic carboxylic acids is 1. The molecular weight excluding hydrogens is 264 g/mol. The molecule has 1 rings (SSSR count). The lowest BCUT2D eigenvalue weighted by molar-refractivity contribution is -0.147. The third kappa shape index (κ3) is 3.61. The number of carboxylic acids is 1. The van der Waals surface area contributed by atoms with Crippen LogP contribution in [0.4, 0.5) is 0 Å². The van der Waals surface area contributed by atoms with Crippen molar-refractivity contribution in [2.75, 3.05) is 0 Å². The van der Waals surface area contributed by atoms with Gasteiger partial charge in [-0.2, -0.15) is 0 Å². The predicted molar refractivity (Wildman–Crippen MR) is 71.3 cm³/mol. The van der Waals surface area contributed by atoms with Crippen LogP contribution in [0.1, 0.15) is 19.4 Å². The maximum absolute atomic E-state index is 11.6. The third-order valence-corrected chi connectivity index (χ3v) is 2.88. The summed E-state index contributed by atoms with van der Waals surface area (Å²) in [7, 11) is 0. The molecule has 0 aliphatic rings. The fourth-order valence-electron chi connectivity index (χ4n) is 1.65. The molecule has 0 radical (unpaired) electrons. The van der Waals surface area contributed by atoms with Crippen LogP contribution in [0, 0.1) is 0 Å². The molecule has 0 aliphatic carbocycles. The standard InChI is InChI=1S/C13H18N2O5/c1-7(14)11(18)15-13(2,12(19)20)6-8-3-4-9(16)10(17)5-8/h3-5,7,16-17H,6,14H2,1-2H3,(H,15,18)(H,19,20)/t7-,13+/m1/s1. The molecule has 0 unspecified atom stereocenters. The maximum Gasteiger partial charge on any atom is 0.329 e. The minimum atomic E-state index is -1.56. The van der Waals surface area contributed by atoms with Crippen LogP contribution in [0.25, 0.3) is 0 Å². The number of hydrogen-bond donors (Lipinski definition) is 5. The van der Waals surface area contributed by atoms with Gasteiger partial charge in [-0.3, -0.25) is 4.79 Å². The number of phenols is 2. The lowest BCUT2D eigenvalue weighted by Gasteiger charge is -2.27. The number of nitrogens with one attached hydrogen (secondary N) is 1. The summed E-state index contributed by atoms with van der Waals surface area (Å²) >= 11 is 0. The van der Waals surface area contributed by atoms with Crippen molar-refractivity contribution < 1.29 is 24.9 Å². The van der Waals surface area contributed by atoms with Gasteiger partial charge in [0.05, 0.1) is 6.04 Å². The average molecular weight is 282 g/mol. The highest BCUT2D eigenvalue weighted by Gasteiger charge is 2.35. The summed E-state index contributed by atoms with van der Waals surface area (Å²) in [6.45, 7) is 2.80. The summed E-state index contributed by atoms with van der Waals surface area (Å²) in [6.07, 6.45) is -0.0609. The molecule has 20 heavy (non-hydrogen) atoms. The van der Waals surface area contributed by atoms with E-state index in [2.05, 4.69) is 5.32 Å². The lowest BCUT2D eigenvalue weighted by Crippen LogP contribution is -2.57. The molecule has 1 aromatic rings. The van der Waals surface area contributed by atoms with Crippen LogP contribution < -0.4 is 11.1 Å². The van der Waals surface area contributed by atoms with E-state index >= 15 is 0 Å². The van der Waals surface area contributed by atoms with Gasteiger partial charge in [0.25, 0.3) is 0 Å². The summed E-state index contributed by atoms with van der Waals surface area (Å²) in [5, 5.41) is 30.3. The fraction of sp³-hybridized carbons (Fsp3) is 0.385. The molecule has 0 heterocycles. The van der Waals surface area contributed by atoms with Crippen LogP contribution in [-0.4, -0.2) is 38.8 Å². The topological polar surface area (TPSA) is 133 Å². The van der Waals surface area contributed by atoms with Crippen LogP contribution >= 0.6 is 0 Å². The van der Waals surface area contributed by atoms with Gasteiger partial charge in [0.15, 0.2) is 11.5 Å². The number of carbonyl (C=O) groups excluding carboxylic acids is 1. The van der Waals surface area contributed by atoms with Crippen molar-refractivity contribution in [2.24, 2.45) is 5.73 Å². The van der Waals surface area contributed by atoms with Gasteiger partial charge in [-0.1, -0.05) is 6.07 Å². The second kappa shape index (κ2) is 5.79. The van der Waals surface area contributed by atoms with Gasteiger partial charge in [-0.25, -0.2) is 4.79 Å². The molecule has 7 heteroatoms.